The van der Waals surface area contributed by atoms with Crippen molar-refractivity contribution in [2.45, 2.75) is 39.3 Å². The van der Waals surface area contributed by atoms with E-state index in [1.807, 2.05) is 24.0 Å². The fraction of sp³-hybridized carbons (Fsp3) is 0.348. The maximum atomic E-state index is 13.2. The first kappa shape index (κ1) is 18.8. The van der Waals surface area contributed by atoms with Crippen LogP contribution in [-0.2, 0) is 24.4 Å². The van der Waals surface area contributed by atoms with Crippen LogP contribution in [0.2, 0.25) is 0 Å². The van der Waals surface area contributed by atoms with E-state index in [-0.39, 0.29) is 24.2 Å². The van der Waals surface area contributed by atoms with Gasteiger partial charge in [-0.3, -0.25) is 4.79 Å². The molecule has 5 rings (SSSR count). The van der Waals surface area contributed by atoms with Gasteiger partial charge in [0.25, 0.3) is 0 Å². The minimum absolute atomic E-state index is 0.240. The summed E-state index contributed by atoms with van der Waals surface area (Å²) in [6.07, 6.45) is 2.78. The number of hydrogen-bond donors (Lipinski definition) is 0. The van der Waals surface area contributed by atoms with Crippen LogP contribution in [0, 0.1) is 18.7 Å². The standard InChI is InChI=1S/C23H22FN3O3/c1-14-19(22(26-30-14)15-4-7-18(24)8-5-15)13-29-21-9-6-17-12-27(11-10-20(17)25-21)23(28)16-2-3-16/h4-9,16H,2-3,10-13H2,1H3. The Labute approximate surface area is 173 Å². The molecular formula is C23H22FN3O3. The Morgan fingerprint density at radius 3 is 2.80 bits per heavy atom. The van der Waals surface area contributed by atoms with Crippen LogP contribution < -0.4 is 4.74 Å². The molecule has 1 aromatic carbocycles. The average Bonchev–Trinajstić information content (AvgIpc) is 3.55. The number of fused-ring (bicyclic) bond motifs is 1. The minimum Gasteiger partial charge on any atom is -0.473 e. The number of benzene rings is 1. The molecule has 0 radical (unpaired) electrons. The first-order chi connectivity index (χ1) is 14.6. The van der Waals surface area contributed by atoms with Crippen molar-refractivity contribution in [2.75, 3.05) is 6.54 Å². The molecule has 0 atom stereocenters. The molecule has 7 heteroatoms. The number of nitrogens with zero attached hydrogens (tertiary/aromatic N) is 3. The van der Waals surface area contributed by atoms with E-state index in [0.717, 1.165) is 41.6 Å². The summed E-state index contributed by atoms with van der Waals surface area (Å²) in [5, 5.41) is 4.11. The first-order valence-corrected chi connectivity index (χ1v) is 10.2. The van der Waals surface area contributed by atoms with Gasteiger partial charge in [-0.15, -0.1) is 0 Å². The fourth-order valence-electron chi connectivity index (χ4n) is 3.79. The van der Waals surface area contributed by atoms with Gasteiger partial charge < -0.3 is 14.2 Å². The third-order valence-electron chi connectivity index (χ3n) is 5.73. The van der Waals surface area contributed by atoms with Crippen molar-refractivity contribution >= 4 is 5.91 Å². The Hall–Kier alpha value is -3.22. The molecule has 1 aliphatic heterocycles. The van der Waals surface area contributed by atoms with E-state index in [4.69, 9.17) is 9.26 Å². The summed E-state index contributed by atoms with van der Waals surface area (Å²) in [6.45, 7) is 3.40. The van der Waals surface area contributed by atoms with Gasteiger partial charge in [0.2, 0.25) is 11.8 Å². The van der Waals surface area contributed by atoms with Crippen molar-refractivity contribution in [3.05, 3.63) is 64.8 Å². The van der Waals surface area contributed by atoms with Crippen molar-refractivity contribution in [1.82, 2.24) is 15.0 Å². The molecule has 30 heavy (non-hydrogen) atoms. The zero-order valence-corrected chi connectivity index (χ0v) is 16.7. The van der Waals surface area contributed by atoms with E-state index in [1.54, 1.807) is 12.1 Å². The van der Waals surface area contributed by atoms with Gasteiger partial charge in [0, 0.05) is 37.1 Å². The van der Waals surface area contributed by atoms with Crippen LogP contribution in [0.4, 0.5) is 4.39 Å². The van der Waals surface area contributed by atoms with E-state index < -0.39 is 0 Å². The molecule has 2 aromatic heterocycles. The van der Waals surface area contributed by atoms with Crippen molar-refractivity contribution in [3.63, 3.8) is 0 Å². The number of amides is 1. The van der Waals surface area contributed by atoms with Gasteiger partial charge in [-0.05, 0) is 49.6 Å². The Morgan fingerprint density at radius 2 is 2.03 bits per heavy atom. The van der Waals surface area contributed by atoms with Crippen LogP contribution in [0.3, 0.4) is 0 Å². The monoisotopic (exact) mass is 407 g/mol. The summed E-state index contributed by atoms with van der Waals surface area (Å²) in [5.41, 5.74) is 4.27. The lowest BCUT2D eigenvalue weighted by Gasteiger charge is -2.28. The second kappa shape index (κ2) is 7.55. The molecule has 1 saturated carbocycles. The van der Waals surface area contributed by atoms with Crippen LogP contribution in [0.1, 0.15) is 35.4 Å². The highest BCUT2D eigenvalue weighted by Crippen LogP contribution is 2.33. The van der Waals surface area contributed by atoms with Crippen molar-refractivity contribution in [3.8, 4) is 17.1 Å². The zero-order valence-electron chi connectivity index (χ0n) is 16.7. The summed E-state index contributed by atoms with van der Waals surface area (Å²) in [5.74, 6) is 1.40. The SMILES string of the molecule is Cc1onc(-c2ccc(F)cc2)c1COc1ccc2c(n1)CCN(C(=O)C1CC1)C2. The first-order valence-electron chi connectivity index (χ1n) is 10.2. The summed E-state index contributed by atoms with van der Waals surface area (Å²) >= 11 is 0. The Kier molecular flexibility index (Phi) is 4.73. The smallest absolute Gasteiger partial charge is 0.225 e. The highest BCUT2D eigenvalue weighted by atomic mass is 19.1. The van der Waals surface area contributed by atoms with Gasteiger partial charge in [0.15, 0.2) is 0 Å². The van der Waals surface area contributed by atoms with Gasteiger partial charge >= 0.3 is 0 Å². The zero-order chi connectivity index (χ0) is 20.7. The highest BCUT2D eigenvalue weighted by molar-refractivity contribution is 5.81. The van der Waals surface area contributed by atoms with Crippen LogP contribution in [-0.4, -0.2) is 27.5 Å². The molecule has 1 aliphatic carbocycles. The fourth-order valence-corrected chi connectivity index (χ4v) is 3.79. The van der Waals surface area contributed by atoms with Gasteiger partial charge in [-0.25, -0.2) is 9.37 Å². The molecule has 1 amide bonds. The number of aryl methyl sites for hydroxylation is 1. The maximum Gasteiger partial charge on any atom is 0.225 e. The van der Waals surface area contributed by atoms with E-state index in [2.05, 4.69) is 10.1 Å². The third-order valence-corrected chi connectivity index (χ3v) is 5.73. The van der Waals surface area contributed by atoms with E-state index in [1.165, 1.54) is 12.1 Å². The Morgan fingerprint density at radius 1 is 1.23 bits per heavy atom. The van der Waals surface area contributed by atoms with Gasteiger partial charge in [-0.2, -0.15) is 0 Å². The molecule has 0 unspecified atom stereocenters. The van der Waals surface area contributed by atoms with Crippen LogP contribution in [0.25, 0.3) is 11.3 Å². The summed E-state index contributed by atoms with van der Waals surface area (Å²) in [4.78, 5) is 18.9. The van der Waals surface area contributed by atoms with Crippen LogP contribution in [0.5, 0.6) is 5.88 Å². The van der Waals surface area contributed by atoms with Crippen molar-refractivity contribution in [1.29, 1.82) is 0 Å². The number of ether oxygens (including phenoxy) is 1. The van der Waals surface area contributed by atoms with Gasteiger partial charge in [0.05, 0.1) is 11.3 Å². The average molecular weight is 407 g/mol. The molecule has 0 bridgehead atoms. The predicted molar refractivity (Wildman–Crippen MR) is 107 cm³/mol. The number of halogens is 1. The lowest BCUT2D eigenvalue weighted by molar-refractivity contribution is -0.133. The van der Waals surface area contributed by atoms with Crippen LogP contribution >= 0.6 is 0 Å². The summed E-state index contributed by atoms with van der Waals surface area (Å²) < 4.78 is 24.5. The molecule has 0 spiro atoms. The molecule has 3 aromatic rings. The second-order valence-electron chi connectivity index (χ2n) is 7.90. The molecule has 154 valence electrons. The maximum absolute atomic E-state index is 13.2. The third kappa shape index (κ3) is 3.67. The Bertz CT molecular complexity index is 1090. The van der Waals surface area contributed by atoms with Gasteiger partial charge in [-0.1, -0.05) is 11.2 Å². The minimum atomic E-state index is -0.299. The number of carbonyl (C=O) groups excluding carboxylic acids is 1. The molecule has 6 nitrogen and oxygen atoms in total. The Balaban J connectivity index is 1.29. The van der Waals surface area contributed by atoms with Crippen LogP contribution in [0.15, 0.2) is 40.9 Å². The molecule has 0 N–H and O–H groups in total. The van der Waals surface area contributed by atoms with E-state index >= 15 is 0 Å². The van der Waals surface area contributed by atoms with E-state index in [9.17, 15) is 9.18 Å². The summed E-state index contributed by atoms with van der Waals surface area (Å²) in [6, 6.07) is 9.96. The van der Waals surface area contributed by atoms with Crippen molar-refractivity contribution < 1.29 is 18.4 Å². The van der Waals surface area contributed by atoms with Gasteiger partial charge in [0.1, 0.15) is 23.9 Å². The summed E-state index contributed by atoms with van der Waals surface area (Å²) in [7, 11) is 0. The quantitative estimate of drug-likeness (QED) is 0.638. The lowest BCUT2D eigenvalue weighted by Crippen LogP contribution is -2.37. The molecule has 3 heterocycles. The van der Waals surface area contributed by atoms with E-state index in [0.29, 0.717) is 30.4 Å². The largest absolute Gasteiger partial charge is 0.473 e. The number of rotatable bonds is 5. The molecule has 0 saturated heterocycles. The number of hydrogen-bond acceptors (Lipinski definition) is 5. The number of carbonyl (C=O) groups is 1. The molecule has 2 aliphatic rings. The molecular weight excluding hydrogens is 385 g/mol. The number of pyridine rings is 1. The topological polar surface area (TPSA) is 68.5 Å². The van der Waals surface area contributed by atoms with Crippen molar-refractivity contribution in [2.24, 2.45) is 5.92 Å². The normalized spacial score (nSPS) is 15.7. The number of aromatic nitrogens is 2. The lowest BCUT2D eigenvalue weighted by atomic mass is 10.1. The second-order valence-corrected chi connectivity index (χ2v) is 7.90. The molecule has 1 fully saturated rings. The highest BCUT2D eigenvalue weighted by Gasteiger charge is 2.34. The predicted octanol–water partition coefficient (Wildman–Crippen LogP) is 4.06.